The summed E-state index contributed by atoms with van der Waals surface area (Å²) < 4.78 is 4.88. The molecule has 0 radical (unpaired) electrons. The number of para-hydroxylation sites is 1. The summed E-state index contributed by atoms with van der Waals surface area (Å²) in [5, 5.41) is 2.82. The summed E-state index contributed by atoms with van der Waals surface area (Å²) >= 11 is 0. The van der Waals surface area contributed by atoms with Crippen LogP contribution in [0, 0.1) is 0 Å². The monoisotopic (exact) mass is 250 g/mol. The van der Waals surface area contributed by atoms with Crippen molar-refractivity contribution in [3.05, 3.63) is 30.3 Å². The molecule has 1 amide bonds. The normalized spacial score (nSPS) is 10.1. The van der Waals surface area contributed by atoms with Crippen molar-refractivity contribution in [2.75, 3.05) is 38.3 Å². The summed E-state index contributed by atoms with van der Waals surface area (Å²) in [6.07, 6.45) is 0.506. The Balaban J connectivity index is 2.34. The van der Waals surface area contributed by atoms with E-state index in [0.717, 1.165) is 18.8 Å². The molecule has 0 heterocycles. The Morgan fingerprint density at radius 2 is 2.06 bits per heavy atom. The van der Waals surface area contributed by atoms with E-state index in [4.69, 9.17) is 4.74 Å². The first-order valence-electron chi connectivity index (χ1n) is 6.33. The Morgan fingerprint density at radius 1 is 1.33 bits per heavy atom. The predicted molar refractivity (Wildman–Crippen MR) is 73.8 cm³/mol. The first-order chi connectivity index (χ1) is 8.77. The Morgan fingerprint density at radius 3 is 2.67 bits per heavy atom. The molecule has 0 saturated carbocycles. The molecule has 0 aromatic heterocycles. The molecule has 1 rings (SSSR count). The second-order valence-electron chi connectivity index (χ2n) is 4.01. The Labute approximate surface area is 109 Å². The molecular formula is C14H22N2O2. The molecule has 1 N–H and O–H groups in total. The van der Waals surface area contributed by atoms with Gasteiger partial charge in [0, 0.05) is 38.9 Å². The first kappa shape index (κ1) is 14.5. The molecule has 100 valence electrons. The zero-order valence-corrected chi connectivity index (χ0v) is 11.2. The van der Waals surface area contributed by atoms with Crippen LogP contribution < -0.4 is 10.2 Å². The molecule has 4 heteroatoms. The Bertz CT molecular complexity index is 341. The number of carbonyl (C=O) groups is 1. The Hall–Kier alpha value is -1.55. The largest absolute Gasteiger partial charge is 0.383 e. The summed E-state index contributed by atoms with van der Waals surface area (Å²) in [4.78, 5) is 13.8. The highest BCUT2D eigenvalue weighted by Gasteiger charge is 2.06. The highest BCUT2D eigenvalue weighted by molar-refractivity contribution is 5.76. The third-order valence-electron chi connectivity index (χ3n) is 2.74. The van der Waals surface area contributed by atoms with Crippen molar-refractivity contribution in [3.8, 4) is 0 Å². The molecule has 0 fully saturated rings. The molecule has 0 bridgehead atoms. The van der Waals surface area contributed by atoms with Crippen LogP contribution in [0.15, 0.2) is 30.3 Å². The number of carbonyl (C=O) groups excluding carboxylic acids is 1. The number of hydrogen-bond donors (Lipinski definition) is 1. The van der Waals surface area contributed by atoms with Gasteiger partial charge in [0.05, 0.1) is 6.61 Å². The zero-order chi connectivity index (χ0) is 13.2. The van der Waals surface area contributed by atoms with E-state index in [2.05, 4.69) is 29.3 Å². The van der Waals surface area contributed by atoms with Gasteiger partial charge < -0.3 is 15.0 Å². The van der Waals surface area contributed by atoms with Gasteiger partial charge in [0.2, 0.25) is 5.91 Å². The molecule has 1 aromatic carbocycles. The van der Waals surface area contributed by atoms with Gasteiger partial charge in [-0.05, 0) is 19.1 Å². The summed E-state index contributed by atoms with van der Waals surface area (Å²) in [5.41, 5.74) is 1.16. The summed E-state index contributed by atoms with van der Waals surface area (Å²) in [6, 6.07) is 10.1. The third-order valence-corrected chi connectivity index (χ3v) is 2.74. The van der Waals surface area contributed by atoms with E-state index in [0.29, 0.717) is 19.6 Å². The molecule has 4 nitrogen and oxygen atoms in total. The minimum absolute atomic E-state index is 0.0708. The lowest BCUT2D eigenvalue weighted by Gasteiger charge is -2.22. The number of benzene rings is 1. The molecule has 0 saturated heterocycles. The molecule has 0 atom stereocenters. The van der Waals surface area contributed by atoms with Crippen molar-refractivity contribution >= 4 is 11.6 Å². The van der Waals surface area contributed by atoms with Crippen LogP contribution >= 0.6 is 0 Å². The fraction of sp³-hybridized carbons (Fsp3) is 0.500. The van der Waals surface area contributed by atoms with Gasteiger partial charge in [-0.2, -0.15) is 0 Å². The van der Waals surface area contributed by atoms with E-state index in [1.54, 1.807) is 7.11 Å². The third kappa shape index (κ3) is 5.19. The average Bonchev–Trinajstić information content (AvgIpc) is 2.41. The highest BCUT2D eigenvalue weighted by atomic mass is 16.5. The van der Waals surface area contributed by atoms with Crippen LogP contribution in [-0.4, -0.2) is 39.3 Å². The predicted octanol–water partition coefficient (Wildman–Crippen LogP) is 1.67. The molecular weight excluding hydrogens is 228 g/mol. The highest BCUT2D eigenvalue weighted by Crippen LogP contribution is 2.12. The van der Waals surface area contributed by atoms with Gasteiger partial charge in [0.1, 0.15) is 0 Å². The maximum atomic E-state index is 11.6. The average molecular weight is 250 g/mol. The lowest BCUT2D eigenvalue weighted by molar-refractivity contribution is -0.121. The van der Waals surface area contributed by atoms with Gasteiger partial charge in [-0.25, -0.2) is 0 Å². The Kier molecular flexibility index (Phi) is 6.87. The van der Waals surface area contributed by atoms with Crippen LogP contribution in [0.4, 0.5) is 5.69 Å². The van der Waals surface area contributed by atoms with Crippen LogP contribution in [0.1, 0.15) is 13.3 Å². The maximum Gasteiger partial charge on any atom is 0.221 e. The first-order valence-corrected chi connectivity index (χ1v) is 6.33. The standard InChI is InChI=1S/C14H22N2O2/c1-3-16(13-7-5-4-6-8-13)11-9-14(17)15-10-12-18-2/h4-8H,3,9-12H2,1-2H3,(H,15,17). The number of methoxy groups -OCH3 is 1. The number of anilines is 1. The van der Waals surface area contributed by atoms with Crippen molar-refractivity contribution in [1.29, 1.82) is 0 Å². The second kappa shape index (κ2) is 8.53. The van der Waals surface area contributed by atoms with E-state index in [1.807, 2.05) is 18.2 Å². The molecule has 0 spiro atoms. The van der Waals surface area contributed by atoms with Crippen molar-refractivity contribution in [3.63, 3.8) is 0 Å². The molecule has 1 aromatic rings. The van der Waals surface area contributed by atoms with Crippen molar-refractivity contribution < 1.29 is 9.53 Å². The number of ether oxygens (including phenoxy) is 1. The van der Waals surface area contributed by atoms with E-state index >= 15 is 0 Å². The van der Waals surface area contributed by atoms with Crippen molar-refractivity contribution in [2.24, 2.45) is 0 Å². The minimum Gasteiger partial charge on any atom is -0.383 e. The number of nitrogens with one attached hydrogen (secondary N) is 1. The fourth-order valence-electron chi connectivity index (χ4n) is 1.73. The SMILES string of the molecule is CCN(CCC(=O)NCCOC)c1ccccc1. The lowest BCUT2D eigenvalue weighted by atomic mass is 10.2. The quantitative estimate of drug-likeness (QED) is 0.714. The summed E-state index contributed by atoms with van der Waals surface area (Å²) in [7, 11) is 1.63. The van der Waals surface area contributed by atoms with Gasteiger partial charge >= 0.3 is 0 Å². The van der Waals surface area contributed by atoms with Crippen LogP contribution in [-0.2, 0) is 9.53 Å². The van der Waals surface area contributed by atoms with Crippen molar-refractivity contribution in [2.45, 2.75) is 13.3 Å². The molecule has 0 aliphatic heterocycles. The number of rotatable bonds is 8. The molecule has 18 heavy (non-hydrogen) atoms. The summed E-state index contributed by atoms with van der Waals surface area (Å²) in [5.74, 6) is 0.0708. The number of amides is 1. The van der Waals surface area contributed by atoms with E-state index in [-0.39, 0.29) is 5.91 Å². The smallest absolute Gasteiger partial charge is 0.221 e. The van der Waals surface area contributed by atoms with Gasteiger partial charge in [-0.3, -0.25) is 4.79 Å². The van der Waals surface area contributed by atoms with Crippen LogP contribution in [0.2, 0.25) is 0 Å². The van der Waals surface area contributed by atoms with Crippen LogP contribution in [0.5, 0.6) is 0 Å². The van der Waals surface area contributed by atoms with Gasteiger partial charge in [0.25, 0.3) is 0 Å². The van der Waals surface area contributed by atoms with E-state index in [9.17, 15) is 4.79 Å². The summed E-state index contributed by atoms with van der Waals surface area (Å²) in [6.45, 7) is 4.86. The zero-order valence-electron chi connectivity index (χ0n) is 11.2. The van der Waals surface area contributed by atoms with Gasteiger partial charge in [-0.15, -0.1) is 0 Å². The van der Waals surface area contributed by atoms with Crippen molar-refractivity contribution in [1.82, 2.24) is 5.32 Å². The molecule has 0 aliphatic rings. The topological polar surface area (TPSA) is 41.6 Å². The molecule has 0 aliphatic carbocycles. The van der Waals surface area contributed by atoms with Crippen LogP contribution in [0.25, 0.3) is 0 Å². The van der Waals surface area contributed by atoms with Crippen LogP contribution in [0.3, 0.4) is 0 Å². The minimum atomic E-state index is 0.0708. The lowest BCUT2D eigenvalue weighted by Crippen LogP contribution is -2.32. The number of hydrogen-bond acceptors (Lipinski definition) is 3. The maximum absolute atomic E-state index is 11.6. The van der Waals surface area contributed by atoms with E-state index < -0.39 is 0 Å². The van der Waals surface area contributed by atoms with Gasteiger partial charge in [-0.1, -0.05) is 18.2 Å². The number of nitrogens with zero attached hydrogens (tertiary/aromatic N) is 1. The second-order valence-corrected chi connectivity index (χ2v) is 4.01. The fourth-order valence-corrected chi connectivity index (χ4v) is 1.73. The van der Waals surface area contributed by atoms with Gasteiger partial charge in [0.15, 0.2) is 0 Å². The van der Waals surface area contributed by atoms with E-state index in [1.165, 1.54) is 0 Å². The molecule has 0 unspecified atom stereocenters.